The van der Waals surface area contributed by atoms with E-state index in [9.17, 15) is 10.2 Å². The molecule has 2 heterocycles. The third-order valence-electron chi connectivity index (χ3n) is 14.9. The van der Waals surface area contributed by atoms with Gasteiger partial charge in [0, 0.05) is 34.4 Å². The van der Waals surface area contributed by atoms with Crippen LogP contribution in [-0.2, 0) is 0 Å². The normalized spacial score (nSPS) is 11.0. The first-order valence-electron chi connectivity index (χ1n) is 31.1. The van der Waals surface area contributed by atoms with Gasteiger partial charge in [-0.3, -0.25) is 0 Å². The molecule has 8 rings (SSSR count). The molecule has 82 heavy (non-hydrogen) atoms. The van der Waals surface area contributed by atoms with E-state index in [0.29, 0.717) is 70.8 Å². The molecule has 432 valence electrons. The van der Waals surface area contributed by atoms with E-state index >= 15 is 0 Å². The van der Waals surface area contributed by atoms with Crippen molar-refractivity contribution < 1.29 is 19.7 Å². The minimum atomic E-state index is 0.0924. The van der Waals surface area contributed by atoms with Gasteiger partial charge >= 0.3 is 0 Å². The molecule has 8 aromatic rings. The Balaban J connectivity index is 0.000000239. The van der Waals surface area contributed by atoms with Gasteiger partial charge in [-0.05, 0) is 37.1 Å². The lowest BCUT2D eigenvalue weighted by Gasteiger charge is -2.11. The summed E-state index contributed by atoms with van der Waals surface area (Å²) >= 11 is 0. The van der Waals surface area contributed by atoms with Crippen LogP contribution in [0.2, 0.25) is 0 Å². The minimum Gasteiger partial charge on any atom is -0.507 e. The van der Waals surface area contributed by atoms with Crippen molar-refractivity contribution in [2.75, 3.05) is 13.2 Å². The average Bonchev–Trinajstić information content (AvgIpc) is 3.69. The Hall–Kier alpha value is -7.46. The van der Waals surface area contributed by atoms with Gasteiger partial charge in [-0.2, -0.15) is 0 Å². The standard InChI is InChI=1S/C39H51N3O2.C33H39N3O2/c1-2-3-4-5-6-7-8-9-10-11-12-13-14-15-16-23-30-44-34-28-29-35(36(43)31-34)39-41-37(32-24-19-17-20-25-32)40-38(42-39)33-26-21-18-22-27-33;1-2-3-4-5-6-7-8-9-10-17-24-38-28-22-23-29(30(37)25-28)33-35-31(26-18-13-11-14-19-26)34-32(36-33)27-20-15-12-16-21-27/h17-22,24-29,31,43H,2-16,23,30H2,1H3;11-16,18-23,25,37H,2-10,17,24H2,1H3. The largest absolute Gasteiger partial charge is 0.507 e. The lowest BCUT2D eigenvalue weighted by Crippen LogP contribution is -2.01. The van der Waals surface area contributed by atoms with E-state index in [1.807, 2.05) is 146 Å². The lowest BCUT2D eigenvalue weighted by atomic mass is 10.0. The topological polar surface area (TPSA) is 136 Å². The van der Waals surface area contributed by atoms with Crippen LogP contribution in [-0.4, -0.2) is 53.3 Å². The van der Waals surface area contributed by atoms with Crippen LogP contribution in [0.5, 0.6) is 23.0 Å². The number of aromatic hydroxyl groups is 2. The van der Waals surface area contributed by atoms with E-state index in [2.05, 4.69) is 13.8 Å². The molecule has 6 aromatic carbocycles. The van der Waals surface area contributed by atoms with E-state index in [1.54, 1.807) is 12.1 Å². The summed E-state index contributed by atoms with van der Waals surface area (Å²) in [4.78, 5) is 28.3. The van der Waals surface area contributed by atoms with Crippen LogP contribution in [0.1, 0.15) is 181 Å². The summed E-state index contributed by atoms with van der Waals surface area (Å²) in [5, 5.41) is 21.8. The fourth-order valence-electron chi connectivity index (χ4n) is 10.1. The van der Waals surface area contributed by atoms with Gasteiger partial charge in [-0.15, -0.1) is 0 Å². The number of hydrogen-bond acceptors (Lipinski definition) is 10. The summed E-state index contributed by atoms with van der Waals surface area (Å²) in [5.74, 6) is 4.63. The molecular formula is C72H90N6O4. The Morgan fingerprint density at radius 1 is 0.268 bits per heavy atom. The first kappa shape index (κ1) is 62.1. The molecule has 10 nitrogen and oxygen atoms in total. The number of unbranched alkanes of at least 4 members (excludes halogenated alkanes) is 24. The molecule has 0 spiro atoms. The zero-order valence-electron chi connectivity index (χ0n) is 49.2. The third kappa shape index (κ3) is 21.8. The Morgan fingerprint density at radius 2 is 0.500 bits per heavy atom. The second-order valence-electron chi connectivity index (χ2n) is 21.6. The van der Waals surface area contributed by atoms with Gasteiger partial charge in [0.05, 0.1) is 24.3 Å². The number of aromatic nitrogens is 6. The van der Waals surface area contributed by atoms with Crippen LogP contribution in [0.3, 0.4) is 0 Å². The summed E-state index contributed by atoms with van der Waals surface area (Å²) in [7, 11) is 0. The lowest BCUT2D eigenvalue weighted by molar-refractivity contribution is 0.302. The Bertz CT molecular complexity index is 2880. The van der Waals surface area contributed by atoms with Crippen LogP contribution in [0, 0.1) is 0 Å². The van der Waals surface area contributed by atoms with Gasteiger partial charge in [0.1, 0.15) is 23.0 Å². The number of benzene rings is 6. The number of phenolic OH excluding ortho intramolecular Hbond substituents is 2. The maximum absolute atomic E-state index is 10.9. The third-order valence-corrected chi connectivity index (χ3v) is 14.9. The van der Waals surface area contributed by atoms with Gasteiger partial charge in [0.15, 0.2) is 34.9 Å². The van der Waals surface area contributed by atoms with E-state index in [0.717, 1.165) is 35.1 Å². The molecule has 0 radical (unpaired) electrons. The molecule has 0 aliphatic carbocycles. The zero-order valence-corrected chi connectivity index (χ0v) is 49.2. The molecule has 0 saturated heterocycles. The van der Waals surface area contributed by atoms with Crippen molar-refractivity contribution in [2.24, 2.45) is 0 Å². The van der Waals surface area contributed by atoms with Crippen LogP contribution in [0.15, 0.2) is 158 Å². The second kappa shape index (κ2) is 36.8. The van der Waals surface area contributed by atoms with E-state index in [1.165, 1.54) is 154 Å². The smallest absolute Gasteiger partial charge is 0.167 e. The van der Waals surface area contributed by atoms with Gasteiger partial charge in [0.2, 0.25) is 0 Å². The van der Waals surface area contributed by atoms with Crippen LogP contribution in [0.25, 0.3) is 68.3 Å². The molecule has 10 heteroatoms. The molecule has 0 unspecified atom stereocenters. The van der Waals surface area contributed by atoms with E-state index in [4.69, 9.17) is 39.4 Å². The number of hydrogen-bond donors (Lipinski definition) is 2. The molecular weight excluding hydrogens is 1010 g/mol. The van der Waals surface area contributed by atoms with Gasteiger partial charge in [0.25, 0.3) is 0 Å². The molecule has 0 bridgehead atoms. The number of ether oxygens (including phenoxy) is 2. The highest BCUT2D eigenvalue weighted by molar-refractivity contribution is 5.72. The van der Waals surface area contributed by atoms with Gasteiger partial charge < -0.3 is 19.7 Å². The Labute approximate surface area is 490 Å². The van der Waals surface area contributed by atoms with Gasteiger partial charge in [-0.1, -0.05) is 289 Å². The average molecular weight is 1100 g/mol. The summed E-state index contributed by atoms with van der Waals surface area (Å²) in [6.07, 6.45) is 34.5. The Kier molecular flexibility index (Phi) is 27.9. The molecule has 0 amide bonds. The highest BCUT2D eigenvalue weighted by atomic mass is 16.5. The van der Waals surface area contributed by atoms with Crippen molar-refractivity contribution in [3.8, 4) is 91.3 Å². The molecule has 0 saturated carbocycles. The van der Waals surface area contributed by atoms with Crippen molar-refractivity contribution in [2.45, 2.75) is 181 Å². The molecule has 0 aliphatic rings. The van der Waals surface area contributed by atoms with Crippen molar-refractivity contribution in [3.63, 3.8) is 0 Å². The van der Waals surface area contributed by atoms with Crippen LogP contribution in [0.4, 0.5) is 0 Å². The predicted octanol–water partition coefficient (Wildman–Crippen LogP) is 20.1. The number of rotatable bonds is 36. The van der Waals surface area contributed by atoms with Crippen molar-refractivity contribution >= 4 is 0 Å². The van der Waals surface area contributed by atoms with Crippen molar-refractivity contribution in [3.05, 3.63) is 158 Å². The summed E-state index contributed by atoms with van der Waals surface area (Å²) in [5.41, 5.74) is 4.68. The molecule has 0 atom stereocenters. The summed E-state index contributed by atoms with van der Waals surface area (Å²) in [6, 6.07) is 50.0. The van der Waals surface area contributed by atoms with E-state index in [-0.39, 0.29) is 11.5 Å². The molecule has 2 N–H and O–H groups in total. The van der Waals surface area contributed by atoms with Crippen LogP contribution >= 0.6 is 0 Å². The zero-order chi connectivity index (χ0) is 57.1. The van der Waals surface area contributed by atoms with Gasteiger partial charge in [-0.25, -0.2) is 29.9 Å². The highest BCUT2D eigenvalue weighted by Gasteiger charge is 2.17. The first-order valence-corrected chi connectivity index (χ1v) is 31.1. The molecule has 0 aliphatic heterocycles. The molecule has 0 fully saturated rings. The first-order chi connectivity index (χ1) is 40.5. The predicted molar refractivity (Wildman–Crippen MR) is 338 cm³/mol. The fraction of sp³-hybridized carbons (Fsp3) is 0.417. The van der Waals surface area contributed by atoms with Crippen molar-refractivity contribution in [1.29, 1.82) is 0 Å². The van der Waals surface area contributed by atoms with E-state index < -0.39 is 0 Å². The molecule has 2 aromatic heterocycles. The van der Waals surface area contributed by atoms with Crippen LogP contribution < -0.4 is 9.47 Å². The maximum atomic E-state index is 10.9. The minimum absolute atomic E-state index is 0.0924. The van der Waals surface area contributed by atoms with Crippen molar-refractivity contribution in [1.82, 2.24) is 29.9 Å². The number of phenols is 2. The SMILES string of the molecule is CCCCCCCCCCCCCCCCCCOc1ccc(-c2nc(-c3ccccc3)nc(-c3ccccc3)n2)c(O)c1.CCCCCCCCCCCCOc1ccc(-c2nc(-c3ccccc3)nc(-c3ccccc3)n2)c(O)c1. The fourth-order valence-corrected chi connectivity index (χ4v) is 10.1. The summed E-state index contributed by atoms with van der Waals surface area (Å²) in [6.45, 7) is 5.85. The summed E-state index contributed by atoms with van der Waals surface area (Å²) < 4.78 is 11.9. The number of nitrogens with zero attached hydrogens (tertiary/aromatic N) is 6. The monoisotopic (exact) mass is 1100 g/mol. The second-order valence-corrected chi connectivity index (χ2v) is 21.6. The quantitative estimate of drug-likeness (QED) is 0.0365. The Morgan fingerprint density at radius 3 is 0.744 bits per heavy atom. The highest BCUT2D eigenvalue weighted by Crippen LogP contribution is 2.35. The maximum Gasteiger partial charge on any atom is 0.167 e.